The average molecular weight is 309 g/mol. The highest BCUT2D eigenvalue weighted by Gasteiger charge is 2.52. The van der Waals surface area contributed by atoms with Gasteiger partial charge in [0.15, 0.2) is 0 Å². The van der Waals surface area contributed by atoms with E-state index < -0.39 is 0 Å². The maximum atomic E-state index is 12.6. The largest absolute Gasteiger partial charge is 0.326 e. The van der Waals surface area contributed by atoms with Crippen LogP contribution < -0.4 is 5.32 Å². The van der Waals surface area contributed by atoms with Crippen molar-refractivity contribution in [1.82, 2.24) is 0 Å². The summed E-state index contributed by atoms with van der Waals surface area (Å²) in [5.41, 5.74) is 2.14. The molecule has 23 heavy (non-hydrogen) atoms. The molecule has 2 nitrogen and oxygen atoms in total. The van der Waals surface area contributed by atoms with Gasteiger partial charge in [-0.15, -0.1) is 0 Å². The van der Waals surface area contributed by atoms with E-state index >= 15 is 0 Å². The van der Waals surface area contributed by atoms with Crippen LogP contribution in [-0.4, -0.2) is 5.91 Å². The number of fused-ring (bicyclic) bond motifs is 1. The van der Waals surface area contributed by atoms with Crippen molar-refractivity contribution in [2.75, 3.05) is 5.32 Å². The van der Waals surface area contributed by atoms with Crippen LogP contribution in [-0.2, 0) is 4.79 Å². The summed E-state index contributed by atoms with van der Waals surface area (Å²) < 4.78 is 0. The van der Waals surface area contributed by atoms with Gasteiger partial charge in [-0.1, -0.05) is 42.0 Å². The van der Waals surface area contributed by atoms with Gasteiger partial charge >= 0.3 is 0 Å². The second-order valence-corrected chi connectivity index (χ2v) is 6.88. The lowest BCUT2D eigenvalue weighted by Gasteiger charge is -2.05. The Morgan fingerprint density at radius 1 is 0.870 bits per heavy atom. The van der Waals surface area contributed by atoms with Gasteiger partial charge in [0.1, 0.15) is 0 Å². The number of carbonyl (C=O) groups excluding carboxylic acids is 1. The SMILES string of the molecule is Cc1ccc(NC(=O)C2[C@@H]3CC/C=C\CC/C=C/CC[C@@H]23)cc1. The van der Waals surface area contributed by atoms with Crippen LogP contribution in [0.2, 0.25) is 0 Å². The van der Waals surface area contributed by atoms with E-state index in [1.807, 2.05) is 24.3 Å². The van der Waals surface area contributed by atoms with E-state index in [0.29, 0.717) is 11.8 Å². The van der Waals surface area contributed by atoms with Crippen molar-refractivity contribution in [2.24, 2.45) is 17.8 Å². The molecule has 1 unspecified atom stereocenters. The summed E-state index contributed by atoms with van der Waals surface area (Å²) in [6, 6.07) is 8.08. The Kier molecular flexibility index (Phi) is 5.32. The van der Waals surface area contributed by atoms with E-state index in [4.69, 9.17) is 0 Å². The molecule has 0 aromatic heterocycles. The normalized spacial score (nSPS) is 30.2. The molecular weight excluding hydrogens is 282 g/mol. The highest BCUT2D eigenvalue weighted by atomic mass is 16.2. The fourth-order valence-corrected chi connectivity index (χ4v) is 3.72. The van der Waals surface area contributed by atoms with Crippen molar-refractivity contribution in [3.63, 3.8) is 0 Å². The summed E-state index contributed by atoms with van der Waals surface area (Å²) in [6.07, 6.45) is 15.9. The Morgan fingerprint density at radius 2 is 1.39 bits per heavy atom. The van der Waals surface area contributed by atoms with Crippen molar-refractivity contribution >= 4 is 11.6 Å². The number of benzene rings is 1. The van der Waals surface area contributed by atoms with Crippen LogP contribution in [0.15, 0.2) is 48.6 Å². The molecule has 2 aliphatic carbocycles. The van der Waals surface area contributed by atoms with Crippen molar-refractivity contribution in [3.05, 3.63) is 54.1 Å². The molecule has 3 atom stereocenters. The number of anilines is 1. The van der Waals surface area contributed by atoms with E-state index in [2.05, 4.69) is 36.5 Å². The van der Waals surface area contributed by atoms with Gasteiger partial charge in [-0.2, -0.15) is 0 Å². The Morgan fingerprint density at radius 3 is 1.96 bits per heavy atom. The molecule has 0 aliphatic heterocycles. The van der Waals surface area contributed by atoms with Crippen LogP contribution in [0.4, 0.5) is 5.69 Å². The number of aryl methyl sites for hydroxylation is 1. The second-order valence-electron chi connectivity index (χ2n) is 6.88. The molecule has 2 aliphatic rings. The first-order valence-corrected chi connectivity index (χ1v) is 8.93. The maximum absolute atomic E-state index is 12.6. The number of carbonyl (C=O) groups is 1. The van der Waals surface area contributed by atoms with Crippen LogP contribution >= 0.6 is 0 Å². The van der Waals surface area contributed by atoms with Gasteiger partial charge in [-0.25, -0.2) is 0 Å². The molecule has 0 heterocycles. The lowest BCUT2D eigenvalue weighted by atomic mass is 10.1. The first kappa shape index (κ1) is 16.0. The third kappa shape index (κ3) is 4.34. The summed E-state index contributed by atoms with van der Waals surface area (Å²) in [6.45, 7) is 2.06. The number of hydrogen-bond acceptors (Lipinski definition) is 1. The Bertz CT molecular complexity index is 560. The minimum absolute atomic E-state index is 0.207. The molecule has 2 heteroatoms. The molecule has 1 aromatic rings. The van der Waals surface area contributed by atoms with Crippen molar-refractivity contribution < 1.29 is 4.79 Å². The van der Waals surface area contributed by atoms with Gasteiger partial charge in [0.05, 0.1) is 0 Å². The Balaban J connectivity index is 1.60. The van der Waals surface area contributed by atoms with Crippen molar-refractivity contribution in [3.8, 4) is 0 Å². The van der Waals surface area contributed by atoms with Gasteiger partial charge in [0.25, 0.3) is 0 Å². The fraction of sp³-hybridized carbons (Fsp3) is 0.476. The first-order chi connectivity index (χ1) is 11.3. The van der Waals surface area contributed by atoms with E-state index in [1.54, 1.807) is 0 Å². The highest BCUT2D eigenvalue weighted by Crippen LogP contribution is 2.52. The lowest BCUT2D eigenvalue weighted by molar-refractivity contribution is -0.117. The molecule has 1 saturated carbocycles. The molecule has 0 bridgehead atoms. The van der Waals surface area contributed by atoms with Crippen molar-refractivity contribution in [1.29, 1.82) is 0 Å². The highest BCUT2D eigenvalue weighted by molar-refractivity contribution is 5.94. The Labute approximate surface area is 139 Å². The molecule has 3 rings (SSSR count). The summed E-state index contributed by atoms with van der Waals surface area (Å²) in [5, 5.41) is 3.11. The topological polar surface area (TPSA) is 29.1 Å². The zero-order valence-corrected chi connectivity index (χ0v) is 14.0. The molecule has 1 amide bonds. The van der Waals surface area contributed by atoms with E-state index in [1.165, 1.54) is 5.56 Å². The summed E-state index contributed by atoms with van der Waals surface area (Å²) in [5.74, 6) is 1.56. The van der Waals surface area contributed by atoms with E-state index in [-0.39, 0.29) is 11.8 Å². The van der Waals surface area contributed by atoms with Gasteiger partial charge in [0.2, 0.25) is 5.91 Å². The van der Waals surface area contributed by atoms with E-state index in [9.17, 15) is 4.79 Å². The zero-order chi connectivity index (χ0) is 16.1. The average Bonchev–Trinajstić information content (AvgIpc) is 3.22. The molecule has 1 fully saturated rings. The summed E-state index contributed by atoms with van der Waals surface area (Å²) >= 11 is 0. The number of allylic oxidation sites excluding steroid dienone is 4. The van der Waals surface area contributed by atoms with Gasteiger partial charge in [-0.3, -0.25) is 4.79 Å². The van der Waals surface area contributed by atoms with Crippen LogP contribution in [0, 0.1) is 24.7 Å². The molecule has 1 N–H and O–H groups in total. The maximum Gasteiger partial charge on any atom is 0.228 e. The van der Waals surface area contributed by atoms with Crippen LogP contribution in [0.3, 0.4) is 0 Å². The van der Waals surface area contributed by atoms with Gasteiger partial charge in [0, 0.05) is 11.6 Å². The number of rotatable bonds is 2. The van der Waals surface area contributed by atoms with Crippen molar-refractivity contribution in [2.45, 2.75) is 45.4 Å². The third-order valence-electron chi connectivity index (χ3n) is 5.12. The number of amides is 1. The van der Waals surface area contributed by atoms with Crippen LogP contribution in [0.5, 0.6) is 0 Å². The molecule has 0 saturated heterocycles. The molecule has 122 valence electrons. The van der Waals surface area contributed by atoms with Crippen LogP contribution in [0.1, 0.15) is 44.1 Å². The zero-order valence-electron chi connectivity index (χ0n) is 14.0. The monoisotopic (exact) mass is 309 g/mol. The minimum atomic E-state index is 0.207. The lowest BCUT2D eigenvalue weighted by Crippen LogP contribution is -2.15. The molecule has 0 radical (unpaired) electrons. The summed E-state index contributed by atoms with van der Waals surface area (Å²) in [7, 11) is 0. The summed E-state index contributed by atoms with van der Waals surface area (Å²) in [4.78, 5) is 12.6. The van der Waals surface area contributed by atoms with Gasteiger partial charge < -0.3 is 5.32 Å². The molecular formula is C21H27NO. The van der Waals surface area contributed by atoms with Gasteiger partial charge in [-0.05, 0) is 69.4 Å². The van der Waals surface area contributed by atoms with E-state index in [0.717, 1.165) is 44.2 Å². The Hall–Kier alpha value is -1.83. The minimum Gasteiger partial charge on any atom is -0.326 e. The standard InChI is InChI=1S/C21H27NO/c1-16-12-14-17(15-13-16)22-21(23)20-18-10-8-6-4-2-3-5-7-9-11-19(18)20/h4-7,12-15,18-20H,2-3,8-11H2,1H3,(H,22,23)/b6-4-,7-5+/t18-,19-,20?/m1/s1. The third-order valence-corrected chi connectivity index (χ3v) is 5.12. The number of hydrogen-bond donors (Lipinski definition) is 1. The molecule has 1 aromatic carbocycles. The smallest absolute Gasteiger partial charge is 0.228 e. The predicted molar refractivity (Wildman–Crippen MR) is 96.3 cm³/mol. The van der Waals surface area contributed by atoms with Crippen LogP contribution in [0.25, 0.3) is 0 Å². The predicted octanol–water partition coefficient (Wildman–Crippen LogP) is 5.26. The molecule has 0 spiro atoms. The fourth-order valence-electron chi connectivity index (χ4n) is 3.72. The number of nitrogens with one attached hydrogen (secondary N) is 1. The second kappa shape index (κ2) is 7.63. The first-order valence-electron chi connectivity index (χ1n) is 8.93. The quantitative estimate of drug-likeness (QED) is 0.742.